The number of carbonyl (C=O) groups is 1. The van der Waals surface area contributed by atoms with Crippen LogP contribution in [0.5, 0.6) is 5.75 Å². The minimum Gasteiger partial charge on any atom is -0.434 e. The summed E-state index contributed by atoms with van der Waals surface area (Å²) in [7, 11) is -3.66. The number of ether oxygens (including phenoxy) is 1. The van der Waals surface area contributed by atoms with E-state index in [2.05, 4.69) is 10.1 Å². The minimum atomic E-state index is -3.66. The molecule has 1 amide bonds. The van der Waals surface area contributed by atoms with E-state index >= 15 is 0 Å². The molecule has 0 atom stereocenters. The quantitative estimate of drug-likeness (QED) is 0.618. The molecule has 0 saturated carbocycles. The van der Waals surface area contributed by atoms with Crippen molar-refractivity contribution in [3.8, 4) is 5.75 Å². The summed E-state index contributed by atoms with van der Waals surface area (Å²) in [5.74, 6) is -0.604. The van der Waals surface area contributed by atoms with E-state index in [9.17, 15) is 22.0 Å². The topological polar surface area (TPSA) is 75.7 Å². The van der Waals surface area contributed by atoms with Crippen molar-refractivity contribution in [3.63, 3.8) is 0 Å². The van der Waals surface area contributed by atoms with Crippen molar-refractivity contribution < 1.29 is 26.7 Å². The zero-order chi connectivity index (χ0) is 21.4. The Balaban J connectivity index is 2.16. The van der Waals surface area contributed by atoms with Crippen LogP contribution in [0.4, 0.5) is 14.5 Å². The van der Waals surface area contributed by atoms with E-state index in [0.717, 1.165) is 6.08 Å². The number of nitrogens with one attached hydrogen (secondary N) is 1. The highest BCUT2D eigenvalue weighted by Crippen LogP contribution is 2.22. The molecule has 1 N–H and O–H groups in total. The summed E-state index contributed by atoms with van der Waals surface area (Å²) in [6, 6.07) is 12.0. The maximum Gasteiger partial charge on any atom is 0.387 e. The zero-order valence-corrected chi connectivity index (χ0v) is 16.8. The highest BCUT2D eigenvalue weighted by atomic mass is 32.2. The predicted octanol–water partition coefficient (Wildman–Crippen LogP) is 3.97. The van der Waals surface area contributed by atoms with Crippen LogP contribution in [0, 0.1) is 0 Å². The molecule has 0 aliphatic carbocycles. The van der Waals surface area contributed by atoms with Gasteiger partial charge in [-0.1, -0.05) is 38.1 Å². The third-order valence-corrected chi connectivity index (χ3v) is 6.04. The number of rotatable bonds is 9. The number of amides is 1. The summed E-state index contributed by atoms with van der Waals surface area (Å²) >= 11 is 0. The molecule has 0 radical (unpaired) electrons. The van der Waals surface area contributed by atoms with E-state index in [1.54, 1.807) is 26.0 Å². The van der Waals surface area contributed by atoms with E-state index in [1.807, 2.05) is 0 Å². The molecule has 2 aromatic carbocycles. The van der Waals surface area contributed by atoms with E-state index < -0.39 is 22.5 Å². The van der Waals surface area contributed by atoms with Crippen molar-refractivity contribution in [2.45, 2.75) is 25.4 Å². The number of nitrogens with zero attached hydrogens (tertiary/aromatic N) is 1. The van der Waals surface area contributed by atoms with Gasteiger partial charge in [0, 0.05) is 30.4 Å². The van der Waals surface area contributed by atoms with Gasteiger partial charge in [0.2, 0.25) is 15.9 Å². The van der Waals surface area contributed by atoms with Gasteiger partial charge in [-0.05, 0) is 30.3 Å². The molecule has 2 rings (SSSR count). The average molecular weight is 424 g/mol. The highest BCUT2D eigenvalue weighted by Gasteiger charge is 2.21. The van der Waals surface area contributed by atoms with Crippen molar-refractivity contribution in [2.24, 2.45) is 0 Å². The average Bonchev–Trinajstić information content (AvgIpc) is 2.68. The van der Waals surface area contributed by atoms with Gasteiger partial charge in [0.15, 0.2) is 0 Å². The van der Waals surface area contributed by atoms with E-state index in [0.29, 0.717) is 24.3 Å². The third-order valence-electron chi connectivity index (χ3n) is 3.99. The number of para-hydroxylation sites is 1. The van der Waals surface area contributed by atoms with Crippen LogP contribution in [0.15, 0.2) is 59.5 Å². The number of anilines is 1. The molecule has 6 nitrogen and oxygen atoms in total. The smallest absolute Gasteiger partial charge is 0.387 e. The van der Waals surface area contributed by atoms with Crippen molar-refractivity contribution in [2.75, 3.05) is 18.4 Å². The zero-order valence-electron chi connectivity index (χ0n) is 16.0. The van der Waals surface area contributed by atoms with Crippen molar-refractivity contribution in [1.29, 1.82) is 0 Å². The van der Waals surface area contributed by atoms with E-state index in [4.69, 9.17) is 0 Å². The minimum absolute atomic E-state index is 0.0566. The van der Waals surface area contributed by atoms with Gasteiger partial charge < -0.3 is 10.1 Å². The van der Waals surface area contributed by atoms with Gasteiger partial charge in [-0.2, -0.15) is 13.1 Å². The maximum atomic E-state index is 12.6. The summed E-state index contributed by atoms with van der Waals surface area (Å²) < 4.78 is 55.8. The molecule has 0 fully saturated rings. The molecular formula is C20H22F2N2O4S. The Morgan fingerprint density at radius 3 is 2.48 bits per heavy atom. The molecule has 0 aromatic heterocycles. The second kappa shape index (κ2) is 10.1. The molecule has 0 spiro atoms. The van der Waals surface area contributed by atoms with Gasteiger partial charge in [-0.25, -0.2) is 8.42 Å². The summed E-state index contributed by atoms with van der Waals surface area (Å²) in [6.45, 7) is 1.17. The number of sulfonamides is 1. The Morgan fingerprint density at radius 1 is 1.14 bits per heavy atom. The molecule has 9 heteroatoms. The van der Waals surface area contributed by atoms with Gasteiger partial charge in [0.05, 0.1) is 4.90 Å². The van der Waals surface area contributed by atoms with Crippen LogP contribution >= 0.6 is 0 Å². The van der Waals surface area contributed by atoms with Gasteiger partial charge >= 0.3 is 6.61 Å². The molecule has 0 aliphatic rings. The lowest BCUT2D eigenvalue weighted by molar-refractivity contribution is -0.111. The van der Waals surface area contributed by atoms with Gasteiger partial charge in [-0.3, -0.25) is 4.79 Å². The SMILES string of the molecule is CCN(CC)S(=O)(=O)c1cccc(NC(=O)/C=C/c2ccccc2OC(F)F)c1. The highest BCUT2D eigenvalue weighted by molar-refractivity contribution is 7.89. The maximum absolute atomic E-state index is 12.6. The first kappa shape index (κ1) is 22.5. The van der Waals surface area contributed by atoms with Crippen LogP contribution in [0.1, 0.15) is 19.4 Å². The Hall–Kier alpha value is -2.78. The lowest BCUT2D eigenvalue weighted by atomic mass is 10.2. The van der Waals surface area contributed by atoms with Crippen LogP contribution in [-0.2, 0) is 14.8 Å². The van der Waals surface area contributed by atoms with Gasteiger partial charge in [0.25, 0.3) is 0 Å². The van der Waals surface area contributed by atoms with Gasteiger partial charge in [0.1, 0.15) is 5.75 Å². The lowest BCUT2D eigenvalue weighted by Gasteiger charge is -2.18. The molecule has 0 heterocycles. The molecule has 0 unspecified atom stereocenters. The number of hydrogen-bond acceptors (Lipinski definition) is 4. The standard InChI is InChI=1S/C20H22F2N2O4S/c1-3-24(4-2)29(26,27)17-10-7-9-16(14-17)23-19(25)13-12-15-8-5-6-11-18(15)28-20(21)22/h5-14,20H,3-4H2,1-2H3,(H,23,25)/b13-12+. The van der Waals surface area contributed by atoms with Crippen molar-refractivity contribution >= 4 is 27.7 Å². The van der Waals surface area contributed by atoms with Crippen LogP contribution in [0.25, 0.3) is 6.08 Å². The van der Waals surface area contributed by atoms with Crippen LogP contribution in [0.2, 0.25) is 0 Å². The largest absolute Gasteiger partial charge is 0.434 e. The second-order valence-corrected chi connectivity index (χ2v) is 7.79. The molecule has 0 saturated heterocycles. The molecule has 0 bridgehead atoms. The van der Waals surface area contributed by atoms with Crippen molar-refractivity contribution in [3.05, 3.63) is 60.2 Å². The van der Waals surface area contributed by atoms with Gasteiger partial charge in [-0.15, -0.1) is 0 Å². The normalized spacial score (nSPS) is 11.9. The van der Waals surface area contributed by atoms with Crippen LogP contribution in [0.3, 0.4) is 0 Å². The van der Waals surface area contributed by atoms with E-state index in [-0.39, 0.29) is 10.6 Å². The molecule has 29 heavy (non-hydrogen) atoms. The van der Waals surface area contributed by atoms with Crippen LogP contribution in [-0.4, -0.2) is 38.3 Å². The van der Waals surface area contributed by atoms with Crippen LogP contribution < -0.4 is 10.1 Å². The molecular weight excluding hydrogens is 402 g/mol. The number of benzene rings is 2. The monoisotopic (exact) mass is 424 g/mol. The Bertz CT molecular complexity index is 974. The molecule has 156 valence electrons. The number of hydrogen-bond donors (Lipinski definition) is 1. The first-order valence-electron chi connectivity index (χ1n) is 8.91. The third kappa shape index (κ3) is 6.10. The fourth-order valence-electron chi connectivity index (χ4n) is 2.62. The number of alkyl halides is 2. The fraction of sp³-hybridized carbons (Fsp3) is 0.250. The molecule has 2 aromatic rings. The lowest BCUT2D eigenvalue weighted by Crippen LogP contribution is -2.30. The first-order valence-corrected chi connectivity index (χ1v) is 10.3. The molecule has 0 aliphatic heterocycles. The summed E-state index contributed by atoms with van der Waals surface area (Å²) in [6.07, 6.45) is 2.49. The Morgan fingerprint density at radius 2 is 1.83 bits per heavy atom. The summed E-state index contributed by atoms with van der Waals surface area (Å²) in [5, 5.41) is 2.56. The van der Waals surface area contributed by atoms with E-state index in [1.165, 1.54) is 46.8 Å². The fourth-order valence-corrected chi connectivity index (χ4v) is 4.12. The Kier molecular flexibility index (Phi) is 7.86. The van der Waals surface area contributed by atoms with Crippen molar-refractivity contribution in [1.82, 2.24) is 4.31 Å². The number of halogens is 2. The second-order valence-electron chi connectivity index (χ2n) is 5.86. The number of carbonyl (C=O) groups excluding carboxylic acids is 1. The summed E-state index contributed by atoms with van der Waals surface area (Å²) in [4.78, 5) is 12.2. The predicted molar refractivity (Wildman–Crippen MR) is 107 cm³/mol. The first-order chi connectivity index (χ1) is 13.8. The summed E-state index contributed by atoms with van der Waals surface area (Å²) in [5.41, 5.74) is 0.603. The Labute approximate surface area is 168 Å².